The Bertz CT molecular complexity index is 1220. The highest BCUT2D eigenvalue weighted by molar-refractivity contribution is 7.92. The summed E-state index contributed by atoms with van der Waals surface area (Å²) in [7, 11) is -1.52. The molecular formula is C21H22N2O9S. The third kappa shape index (κ3) is 5.00. The minimum absolute atomic E-state index is 0.118. The third-order valence-electron chi connectivity index (χ3n) is 5.11. The summed E-state index contributed by atoms with van der Waals surface area (Å²) in [6, 6.07) is 6.55. The largest absolute Gasteiger partial charge is 0.493 e. The molecule has 2 aromatic rings. The Morgan fingerprint density at radius 1 is 1.03 bits per heavy atom. The molecule has 0 aliphatic carbocycles. The maximum atomic E-state index is 13.0. The number of amides is 1. The summed E-state index contributed by atoms with van der Waals surface area (Å²) >= 11 is 0. The summed E-state index contributed by atoms with van der Waals surface area (Å²) in [4.78, 5) is 36.0. The van der Waals surface area contributed by atoms with Gasteiger partial charge in [-0.05, 0) is 30.2 Å². The van der Waals surface area contributed by atoms with Crippen molar-refractivity contribution in [2.75, 3.05) is 30.4 Å². The lowest BCUT2D eigenvalue weighted by atomic mass is 10.1. The van der Waals surface area contributed by atoms with Crippen LogP contribution in [0.15, 0.2) is 35.2 Å². The summed E-state index contributed by atoms with van der Waals surface area (Å²) in [5, 5.41) is 18.3. The molecule has 0 unspecified atom stereocenters. The fourth-order valence-electron chi connectivity index (χ4n) is 3.50. The topological polar surface area (TPSA) is 160 Å². The molecule has 1 amide bonds. The van der Waals surface area contributed by atoms with Gasteiger partial charge in [-0.15, -0.1) is 0 Å². The first-order valence-electron chi connectivity index (χ1n) is 9.74. The van der Waals surface area contributed by atoms with Gasteiger partial charge in [-0.25, -0.2) is 13.2 Å². The molecule has 0 bridgehead atoms. The van der Waals surface area contributed by atoms with E-state index >= 15 is 0 Å². The van der Waals surface area contributed by atoms with Gasteiger partial charge in [0, 0.05) is 30.8 Å². The number of aromatic carboxylic acids is 1. The third-order valence-corrected chi connectivity index (χ3v) is 6.47. The second-order valence-electron chi connectivity index (χ2n) is 7.14. The number of carboxylic acids is 2. The molecule has 3 N–H and O–H groups in total. The summed E-state index contributed by atoms with van der Waals surface area (Å²) in [6.45, 7) is 0.309. The highest BCUT2D eigenvalue weighted by Crippen LogP contribution is 2.35. The summed E-state index contributed by atoms with van der Waals surface area (Å²) in [5.74, 6) is -2.53. The molecule has 2 aromatic carbocycles. The Labute approximate surface area is 189 Å². The number of ether oxygens (including phenoxy) is 2. The Morgan fingerprint density at radius 3 is 2.30 bits per heavy atom. The van der Waals surface area contributed by atoms with Crippen molar-refractivity contribution in [2.45, 2.75) is 24.2 Å². The van der Waals surface area contributed by atoms with E-state index in [0.29, 0.717) is 24.2 Å². The van der Waals surface area contributed by atoms with Gasteiger partial charge in [0.25, 0.3) is 10.0 Å². The number of anilines is 2. The van der Waals surface area contributed by atoms with Gasteiger partial charge < -0.3 is 24.6 Å². The molecule has 0 saturated carbocycles. The number of sulfonamides is 1. The van der Waals surface area contributed by atoms with Crippen molar-refractivity contribution in [1.82, 2.24) is 0 Å². The van der Waals surface area contributed by atoms with E-state index in [-0.39, 0.29) is 46.4 Å². The first-order valence-corrected chi connectivity index (χ1v) is 11.2. The molecule has 176 valence electrons. The van der Waals surface area contributed by atoms with Gasteiger partial charge >= 0.3 is 11.9 Å². The Morgan fingerprint density at radius 2 is 1.70 bits per heavy atom. The van der Waals surface area contributed by atoms with Crippen molar-refractivity contribution < 1.29 is 42.5 Å². The monoisotopic (exact) mass is 478 g/mol. The SMILES string of the molecule is COc1cc(NS(=O)(=O)c2ccc3c(c2)CCN3C(=O)CCC(=O)O)c(C(=O)O)cc1OC. The Kier molecular flexibility index (Phi) is 6.77. The molecule has 12 heteroatoms. The van der Waals surface area contributed by atoms with Crippen molar-refractivity contribution in [3.8, 4) is 11.5 Å². The highest BCUT2D eigenvalue weighted by atomic mass is 32.2. The van der Waals surface area contributed by atoms with E-state index < -0.39 is 22.0 Å². The van der Waals surface area contributed by atoms with E-state index in [1.807, 2.05) is 0 Å². The van der Waals surface area contributed by atoms with Crippen molar-refractivity contribution in [2.24, 2.45) is 0 Å². The van der Waals surface area contributed by atoms with E-state index in [0.717, 1.165) is 6.07 Å². The molecule has 0 radical (unpaired) electrons. The summed E-state index contributed by atoms with van der Waals surface area (Å²) < 4.78 is 38.5. The maximum absolute atomic E-state index is 13.0. The minimum Gasteiger partial charge on any atom is -0.493 e. The quantitative estimate of drug-likeness (QED) is 0.489. The molecule has 11 nitrogen and oxygen atoms in total. The molecule has 0 spiro atoms. The number of aliphatic carboxylic acids is 1. The standard InChI is InChI=1S/C21H22N2O9S/c1-31-17-10-14(21(27)28)15(11-18(17)32-2)22-33(29,30)13-3-4-16-12(9-13)7-8-23(16)19(24)5-6-20(25)26/h3-4,9-11,22H,5-8H2,1-2H3,(H,25,26)(H,27,28). The van der Waals surface area contributed by atoms with Gasteiger partial charge in [-0.1, -0.05) is 0 Å². The zero-order valence-corrected chi connectivity index (χ0v) is 18.6. The van der Waals surface area contributed by atoms with Crippen LogP contribution in [0.3, 0.4) is 0 Å². The fraction of sp³-hybridized carbons (Fsp3) is 0.286. The van der Waals surface area contributed by atoms with E-state index in [1.54, 1.807) is 0 Å². The van der Waals surface area contributed by atoms with Crippen molar-refractivity contribution in [3.63, 3.8) is 0 Å². The highest BCUT2D eigenvalue weighted by Gasteiger charge is 2.28. The average Bonchev–Trinajstić information content (AvgIpc) is 3.20. The average molecular weight is 478 g/mol. The van der Waals surface area contributed by atoms with Crippen LogP contribution in [-0.4, -0.2) is 57.2 Å². The second kappa shape index (κ2) is 9.36. The van der Waals surface area contributed by atoms with Crippen LogP contribution < -0.4 is 19.1 Å². The predicted octanol–water partition coefficient (Wildman–Crippen LogP) is 1.96. The summed E-state index contributed by atoms with van der Waals surface area (Å²) in [5.41, 5.74) is 0.590. The Balaban J connectivity index is 1.90. The molecule has 3 rings (SSSR count). The van der Waals surface area contributed by atoms with Gasteiger partial charge in [0.05, 0.1) is 36.8 Å². The number of carbonyl (C=O) groups excluding carboxylic acids is 1. The number of hydrogen-bond donors (Lipinski definition) is 3. The molecule has 1 aliphatic rings. The lowest BCUT2D eigenvalue weighted by molar-refractivity contribution is -0.138. The molecule has 33 heavy (non-hydrogen) atoms. The zero-order valence-electron chi connectivity index (χ0n) is 17.8. The molecular weight excluding hydrogens is 456 g/mol. The van der Waals surface area contributed by atoms with Crippen LogP contribution in [0.2, 0.25) is 0 Å². The lowest BCUT2D eigenvalue weighted by Gasteiger charge is -2.18. The smallest absolute Gasteiger partial charge is 0.337 e. The maximum Gasteiger partial charge on any atom is 0.337 e. The lowest BCUT2D eigenvalue weighted by Crippen LogP contribution is -2.29. The number of benzene rings is 2. The number of carbonyl (C=O) groups is 3. The van der Waals surface area contributed by atoms with Crippen molar-refractivity contribution in [3.05, 3.63) is 41.5 Å². The molecule has 0 fully saturated rings. The first-order chi connectivity index (χ1) is 15.6. The van der Waals surface area contributed by atoms with Crippen LogP contribution in [0.4, 0.5) is 11.4 Å². The predicted molar refractivity (Wildman–Crippen MR) is 117 cm³/mol. The van der Waals surface area contributed by atoms with Crippen LogP contribution in [-0.2, 0) is 26.0 Å². The van der Waals surface area contributed by atoms with E-state index in [2.05, 4.69) is 4.72 Å². The first kappa shape index (κ1) is 23.9. The van der Waals surface area contributed by atoms with Crippen LogP contribution in [0.25, 0.3) is 0 Å². The molecule has 0 saturated heterocycles. The number of rotatable bonds is 9. The van der Waals surface area contributed by atoms with Crippen molar-refractivity contribution >= 4 is 39.2 Å². The number of nitrogens with zero attached hydrogens (tertiary/aromatic N) is 1. The van der Waals surface area contributed by atoms with E-state index in [4.69, 9.17) is 14.6 Å². The summed E-state index contributed by atoms with van der Waals surface area (Å²) in [6.07, 6.45) is -0.0554. The second-order valence-corrected chi connectivity index (χ2v) is 8.83. The number of fused-ring (bicyclic) bond motifs is 1. The van der Waals surface area contributed by atoms with Crippen molar-refractivity contribution in [1.29, 1.82) is 0 Å². The van der Waals surface area contributed by atoms with Crippen LogP contribution in [0, 0.1) is 0 Å². The van der Waals surface area contributed by atoms with Gasteiger partial charge in [0.2, 0.25) is 5.91 Å². The Hall–Kier alpha value is -3.80. The zero-order chi connectivity index (χ0) is 24.3. The number of methoxy groups -OCH3 is 2. The van der Waals surface area contributed by atoms with Crippen LogP contribution in [0.5, 0.6) is 11.5 Å². The fourth-order valence-corrected chi connectivity index (χ4v) is 4.62. The van der Waals surface area contributed by atoms with Gasteiger partial charge in [0.15, 0.2) is 11.5 Å². The van der Waals surface area contributed by atoms with Gasteiger partial charge in [-0.2, -0.15) is 0 Å². The van der Waals surface area contributed by atoms with Crippen LogP contribution >= 0.6 is 0 Å². The molecule has 1 aliphatic heterocycles. The normalized spacial score (nSPS) is 12.7. The number of hydrogen-bond acceptors (Lipinski definition) is 7. The molecule has 0 atom stereocenters. The van der Waals surface area contributed by atoms with Gasteiger partial charge in [0.1, 0.15) is 0 Å². The van der Waals surface area contributed by atoms with Crippen LogP contribution in [0.1, 0.15) is 28.8 Å². The molecule has 1 heterocycles. The van der Waals surface area contributed by atoms with E-state index in [1.165, 1.54) is 43.4 Å². The number of nitrogens with one attached hydrogen (secondary N) is 1. The molecule has 0 aromatic heterocycles. The van der Waals surface area contributed by atoms with E-state index in [9.17, 15) is 27.9 Å². The number of carboxylic acid groups (broad SMARTS) is 2. The minimum atomic E-state index is -4.19. The van der Waals surface area contributed by atoms with Gasteiger partial charge in [-0.3, -0.25) is 14.3 Å².